The second-order valence-electron chi connectivity index (χ2n) is 7.69. The normalized spacial score (nSPS) is 10.4. The number of hydrogen-bond donors (Lipinski definition) is 2. The van der Waals surface area contributed by atoms with Crippen molar-refractivity contribution in [3.63, 3.8) is 0 Å². The van der Waals surface area contributed by atoms with E-state index < -0.39 is 24.5 Å². The molecule has 0 aromatic heterocycles. The Kier molecular flexibility index (Phi) is 10.4. The summed E-state index contributed by atoms with van der Waals surface area (Å²) in [5.74, 6) is -1.54. The number of carbonyl (C=O) groups excluding carboxylic acids is 4. The minimum atomic E-state index is -0.580. The van der Waals surface area contributed by atoms with Gasteiger partial charge in [-0.05, 0) is 54.8 Å². The predicted molar refractivity (Wildman–Crippen MR) is 125 cm³/mol. The van der Waals surface area contributed by atoms with Crippen molar-refractivity contribution < 1.29 is 28.7 Å². The second-order valence-corrected chi connectivity index (χ2v) is 8.13. The van der Waals surface area contributed by atoms with E-state index in [4.69, 9.17) is 21.1 Å². The molecule has 0 bridgehead atoms. The van der Waals surface area contributed by atoms with Crippen LogP contribution < -0.4 is 10.6 Å². The molecule has 0 fully saturated rings. The summed E-state index contributed by atoms with van der Waals surface area (Å²) in [6.45, 7) is 3.76. The highest BCUT2D eigenvalue weighted by Gasteiger charge is 2.11. The van der Waals surface area contributed by atoms with Gasteiger partial charge in [-0.3, -0.25) is 14.4 Å². The van der Waals surface area contributed by atoms with Crippen molar-refractivity contribution in [1.82, 2.24) is 0 Å². The fourth-order valence-electron chi connectivity index (χ4n) is 2.61. The van der Waals surface area contributed by atoms with Crippen LogP contribution in [0.5, 0.6) is 0 Å². The minimum Gasteiger partial charge on any atom is -0.462 e. The van der Waals surface area contributed by atoms with E-state index >= 15 is 0 Å². The number of halogens is 1. The Hall–Kier alpha value is -3.39. The molecule has 2 aromatic carbocycles. The molecule has 0 aliphatic heterocycles. The summed E-state index contributed by atoms with van der Waals surface area (Å²) < 4.78 is 10.1. The second kappa shape index (κ2) is 13.2. The van der Waals surface area contributed by atoms with E-state index in [9.17, 15) is 19.2 Å². The Labute approximate surface area is 197 Å². The maximum atomic E-state index is 12.0. The van der Waals surface area contributed by atoms with Gasteiger partial charge in [-0.25, -0.2) is 4.79 Å². The van der Waals surface area contributed by atoms with Crippen LogP contribution in [0.4, 0.5) is 11.4 Å². The molecule has 8 nitrogen and oxygen atoms in total. The first-order valence-electron chi connectivity index (χ1n) is 10.5. The largest absolute Gasteiger partial charge is 0.462 e. The molecule has 2 rings (SSSR count). The lowest BCUT2D eigenvalue weighted by Gasteiger charge is -2.09. The topological polar surface area (TPSA) is 111 Å². The molecule has 176 valence electrons. The third kappa shape index (κ3) is 10.2. The molecule has 0 heterocycles. The van der Waals surface area contributed by atoms with Crippen LogP contribution in [0.25, 0.3) is 0 Å². The summed E-state index contributed by atoms with van der Waals surface area (Å²) >= 11 is 5.86. The number of carbonyl (C=O) groups is 4. The van der Waals surface area contributed by atoms with E-state index in [1.54, 1.807) is 48.5 Å². The van der Waals surface area contributed by atoms with Gasteiger partial charge in [0.25, 0.3) is 5.91 Å². The number of benzene rings is 2. The molecule has 0 saturated carbocycles. The van der Waals surface area contributed by atoms with Crippen LogP contribution in [0.15, 0.2) is 48.5 Å². The number of hydrogen-bond acceptors (Lipinski definition) is 6. The number of anilines is 2. The highest BCUT2D eigenvalue weighted by atomic mass is 35.5. The average molecular weight is 475 g/mol. The molecule has 0 radical (unpaired) electrons. The number of esters is 2. The molecule has 0 spiro atoms. The van der Waals surface area contributed by atoms with E-state index in [1.807, 2.05) is 13.8 Å². The summed E-state index contributed by atoms with van der Waals surface area (Å²) in [5, 5.41) is 5.77. The number of amides is 2. The lowest BCUT2D eigenvalue weighted by molar-refractivity contribution is -0.147. The lowest BCUT2D eigenvalue weighted by Crippen LogP contribution is -2.21. The average Bonchev–Trinajstić information content (AvgIpc) is 2.76. The summed E-state index contributed by atoms with van der Waals surface area (Å²) in [5.41, 5.74) is 1.40. The molecule has 0 aliphatic rings. The number of nitrogens with one attached hydrogen (secondary N) is 2. The van der Waals surface area contributed by atoms with Gasteiger partial charge in [-0.15, -0.1) is 0 Å². The number of ether oxygens (including phenoxy) is 2. The minimum absolute atomic E-state index is 0.00340. The van der Waals surface area contributed by atoms with Crippen molar-refractivity contribution in [2.45, 2.75) is 33.1 Å². The third-order valence-electron chi connectivity index (χ3n) is 4.21. The van der Waals surface area contributed by atoms with E-state index in [0.29, 0.717) is 28.6 Å². The monoisotopic (exact) mass is 474 g/mol. The maximum absolute atomic E-state index is 12.0. The van der Waals surface area contributed by atoms with Crippen LogP contribution in [0.3, 0.4) is 0 Å². The van der Waals surface area contributed by atoms with E-state index in [2.05, 4.69) is 10.6 Å². The van der Waals surface area contributed by atoms with Crippen molar-refractivity contribution in [3.05, 3.63) is 59.1 Å². The van der Waals surface area contributed by atoms with E-state index in [1.165, 1.54) is 0 Å². The van der Waals surface area contributed by atoms with Crippen molar-refractivity contribution in [2.24, 2.45) is 5.92 Å². The van der Waals surface area contributed by atoms with Crippen LogP contribution in [-0.2, 0) is 23.9 Å². The van der Waals surface area contributed by atoms with E-state index in [0.717, 1.165) is 0 Å². The van der Waals surface area contributed by atoms with Crippen LogP contribution in [-0.4, -0.2) is 37.0 Å². The Morgan fingerprint density at radius 1 is 0.879 bits per heavy atom. The highest BCUT2D eigenvalue weighted by molar-refractivity contribution is 6.30. The molecule has 33 heavy (non-hydrogen) atoms. The summed E-state index contributed by atoms with van der Waals surface area (Å²) in [6.07, 6.45) is 0.407. The molecule has 2 amide bonds. The van der Waals surface area contributed by atoms with Crippen molar-refractivity contribution in [3.8, 4) is 0 Å². The van der Waals surface area contributed by atoms with Crippen molar-refractivity contribution in [1.29, 1.82) is 0 Å². The van der Waals surface area contributed by atoms with Gasteiger partial charge in [-0.2, -0.15) is 0 Å². The first-order valence-corrected chi connectivity index (χ1v) is 10.9. The van der Waals surface area contributed by atoms with Gasteiger partial charge in [0, 0.05) is 29.2 Å². The van der Waals surface area contributed by atoms with Crippen LogP contribution in [0.1, 0.15) is 43.5 Å². The third-order valence-corrected chi connectivity index (χ3v) is 4.44. The molecule has 0 unspecified atom stereocenters. The Balaban J connectivity index is 1.65. The molecule has 0 saturated heterocycles. The summed E-state index contributed by atoms with van der Waals surface area (Å²) in [6, 6.07) is 13.0. The van der Waals surface area contributed by atoms with E-state index in [-0.39, 0.29) is 31.1 Å². The van der Waals surface area contributed by atoms with Crippen LogP contribution >= 0.6 is 11.6 Å². The summed E-state index contributed by atoms with van der Waals surface area (Å²) in [4.78, 5) is 47.6. The van der Waals surface area contributed by atoms with Gasteiger partial charge in [0.2, 0.25) is 5.91 Å². The molecule has 0 atom stereocenters. The fourth-order valence-corrected chi connectivity index (χ4v) is 2.80. The van der Waals surface area contributed by atoms with Gasteiger partial charge < -0.3 is 20.1 Å². The zero-order chi connectivity index (χ0) is 24.2. The fraction of sp³-hybridized carbons (Fsp3) is 0.333. The van der Waals surface area contributed by atoms with Gasteiger partial charge in [0.15, 0.2) is 6.61 Å². The quantitative estimate of drug-likeness (QED) is 0.466. The SMILES string of the molecule is CC(C)COC(=O)c1ccc(NC(=O)COC(=O)CCCC(=O)Nc2cccc(Cl)c2)cc1. The van der Waals surface area contributed by atoms with Gasteiger partial charge in [0.05, 0.1) is 12.2 Å². The lowest BCUT2D eigenvalue weighted by atomic mass is 10.2. The first-order chi connectivity index (χ1) is 15.7. The summed E-state index contributed by atoms with van der Waals surface area (Å²) in [7, 11) is 0. The molecule has 2 aromatic rings. The predicted octanol–water partition coefficient (Wildman–Crippen LogP) is 4.44. The van der Waals surface area contributed by atoms with Crippen molar-refractivity contribution in [2.75, 3.05) is 23.8 Å². The molecule has 2 N–H and O–H groups in total. The zero-order valence-corrected chi connectivity index (χ0v) is 19.3. The number of rotatable bonds is 11. The smallest absolute Gasteiger partial charge is 0.338 e. The standard InChI is InChI=1S/C24H27ClN2O6/c1-16(2)14-33-24(31)17-9-11-19(12-10-17)26-22(29)15-32-23(30)8-4-7-21(28)27-20-6-3-5-18(25)13-20/h3,5-6,9-13,16H,4,7-8,14-15H2,1-2H3,(H,26,29)(H,27,28). The molecular weight excluding hydrogens is 448 g/mol. The Morgan fingerprint density at radius 3 is 2.24 bits per heavy atom. The molecule has 9 heteroatoms. The zero-order valence-electron chi connectivity index (χ0n) is 18.6. The van der Waals surface area contributed by atoms with Gasteiger partial charge in [-0.1, -0.05) is 31.5 Å². The first kappa shape index (κ1) is 25.9. The molecule has 0 aliphatic carbocycles. The van der Waals surface area contributed by atoms with Gasteiger partial charge >= 0.3 is 11.9 Å². The maximum Gasteiger partial charge on any atom is 0.338 e. The molecular formula is C24H27ClN2O6. The van der Waals surface area contributed by atoms with Crippen molar-refractivity contribution >= 4 is 46.7 Å². The Morgan fingerprint density at radius 2 is 1.58 bits per heavy atom. The highest BCUT2D eigenvalue weighted by Crippen LogP contribution is 2.15. The van der Waals surface area contributed by atoms with Crippen LogP contribution in [0, 0.1) is 5.92 Å². The Bertz CT molecular complexity index is 975. The van der Waals surface area contributed by atoms with Crippen LogP contribution in [0.2, 0.25) is 5.02 Å². The van der Waals surface area contributed by atoms with Gasteiger partial charge in [0.1, 0.15) is 0 Å².